The van der Waals surface area contributed by atoms with Crippen LogP contribution in [-0.2, 0) is 30.5 Å². The lowest BCUT2D eigenvalue weighted by molar-refractivity contribution is -0.137. The summed E-state index contributed by atoms with van der Waals surface area (Å²) < 4.78 is 5.42. The van der Waals surface area contributed by atoms with Gasteiger partial charge in [-0.15, -0.1) is 0 Å². The van der Waals surface area contributed by atoms with Crippen LogP contribution in [0.1, 0.15) is 59.3 Å². The fourth-order valence-corrected chi connectivity index (χ4v) is 3.98. The monoisotopic (exact) mass is 420 g/mol. The van der Waals surface area contributed by atoms with Gasteiger partial charge in [-0.1, -0.05) is 41.1 Å². The Bertz CT molecular complexity index is 1030. The SMILES string of the molecule is Cc1ccc(C(CC(=O)O)Cc2nc(CCCc3ccc4c(n3)NCCC4)no2)cc1. The van der Waals surface area contributed by atoms with Crippen molar-refractivity contribution >= 4 is 11.8 Å². The summed E-state index contributed by atoms with van der Waals surface area (Å²) in [5, 5.41) is 16.8. The van der Waals surface area contributed by atoms with Crippen molar-refractivity contribution in [2.45, 2.75) is 57.8 Å². The first kappa shape index (κ1) is 21.0. The highest BCUT2D eigenvalue weighted by atomic mass is 16.5. The molecule has 0 radical (unpaired) electrons. The first-order valence-electron chi connectivity index (χ1n) is 10.9. The van der Waals surface area contributed by atoms with E-state index in [1.54, 1.807) is 0 Å². The second-order valence-electron chi connectivity index (χ2n) is 8.21. The third kappa shape index (κ3) is 5.69. The number of carbonyl (C=O) groups is 1. The van der Waals surface area contributed by atoms with E-state index in [0.29, 0.717) is 24.6 Å². The van der Waals surface area contributed by atoms with Crippen molar-refractivity contribution in [2.24, 2.45) is 0 Å². The number of aryl methyl sites for hydroxylation is 4. The van der Waals surface area contributed by atoms with Gasteiger partial charge in [0.25, 0.3) is 0 Å². The molecule has 1 aliphatic rings. The number of rotatable bonds is 9. The molecule has 4 rings (SSSR count). The maximum atomic E-state index is 11.3. The maximum Gasteiger partial charge on any atom is 0.303 e. The molecule has 7 nitrogen and oxygen atoms in total. The van der Waals surface area contributed by atoms with E-state index < -0.39 is 5.97 Å². The Morgan fingerprint density at radius 1 is 1.16 bits per heavy atom. The van der Waals surface area contributed by atoms with Crippen LogP contribution in [0.4, 0.5) is 5.82 Å². The van der Waals surface area contributed by atoms with E-state index >= 15 is 0 Å². The van der Waals surface area contributed by atoms with Crippen molar-refractivity contribution in [3.8, 4) is 0 Å². The number of nitrogens with one attached hydrogen (secondary N) is 1. The molecular formula is C24H28N4O3. The molecule has 1 aromatic carbocycles. The van der Waals surface area contributed by atoms with Gasteiger partial charge in [-0.25, -0.2) is 4.98 Å². The molecule has 0 bridgehead atoms. The smallest absolute Gasteiger partial charge is 0.303 e. The molecule has 0 saturated heterocycles. The minimum Gasteiger partial charge on any atom is -0.481 e. The zero-order valence-corrected chi connectivity index (χ0v) is 17.8. The molecule has 7 heteroatoms. The fraction of sp³-hybridized carbons (Fsp3) is 0.417. The van der Waals surface area contributed by atoms with E-state index in [9.17, 15) is 9.90 Å². The zero-order valence-electron chi connectivity index (χ0n) is 17.8. The van der Waals surface area contributed by atoms with Crippen LogP contribution in [0.25, 0.3) is 0 Å². The van der Waals surface area contributed by atoms with Crippen LogP contribution in [0.15, 0.2) is 40.9 Å². The summed E-state index contributed by atoms with van der Waals surface area (Å²) in [6.07, 6.45) is 5.12. The van der Waals surface area contributed by atoms with Crippen LogP contribution in [0.3, 0.4) is 0 Å². The summed E-state index contributed by atoms with van der Waals surface area (Å²) in [6, 6.07) is 12.2. The third-order valence-electron chi connectivity index (χ3n) is 5.69. The molecule has 1 aliphatic heterocycles. The number of hydrogen-bond acceptors (Lipinski definition) is 6. The van der Waals surface area contributed by atoms with Crippen molar-refractivity contribution in [1.82, 2.24) is 15.1 Å². The second-order valence-corrected chi connectivity index (χ2v) is 8.21. The fourth-order valence-electron chi connectivity index (χ4n) is 3.98. The Balaban J connectivity index is 1.33. The van der Waals surface area contributed by atoms with Crippen molar-refractivity contribution in [2.75, 3.05) is 11.9 Å². The lowest BCUT2D eigenvalue weighted by Gasteiger charge is -2.17. The molecule has 1 unspecified atom stereocenters. The Morgan fingerprint density at radius 2 is 2.00 bits per heavy atom. The highest BCUT2D eigenvalue weighted by molar-refractivity contribution is 5.68. The van der Waals surface area contributed by atoms with Crippen LogP contribution in [0, 0.1) is 6.92 Å². The van der Waals surface area contributed by atoms with Crippen molar-refractivity contribution < 1.29 is 14.4 Å². The molecule has 31 heavy (non-hydrogen) atoms. The number of nitrogens with zero attached hydrogens (tertiary/aromatic N) is 3. The summed E-state index contributed by atoms with van der Waals surface area (Å²) in [6.45, 7) is 3.00. The first-order valence-corrected chi connectivity index (χ1v) is 10.9. The van der Waals surface area contributed by atoms with Gasteiger partial charge in [-0.2, -0.15) is 4.98 Å². The molecule has 1 atom stereocenters. The number of anilines is 1. The van der Waals surface area contributed by atoms with Crippen LogP contribution in [-0.4, -0.2) is 32.7 Å². The standard InChI is InChI=1S/C24H28N4O3/c1-16-7-9-17(10-8-16)19(15-23(29)30)14-22-27-21(28-31-22)6-2-5-20-12-11-18-4-3-13-25-24(18)26-20/h7-12,19H,2-6,13-15H2,1H3,(H,25,26)(H,29,30). The van der Waals surface area contributed by atoms with Gasteiger partial charge in [0.1, 0.15) is 5.82 Å². The number of benzene rings is 1. The van der Waals surface area contributed by atoms with E-state index in [2.05, 4.69) is 27.6 Å². The third-order valence-corrected chi connectivity index (χ3v) is 5.69. The first-order chi connectivity index (χ1) is 15.1. The average Bonchev–Trinajstić information content (AvgIpc) is 3.20. The summed E-state index contributed by atoms with van der Waals surface area (Å²) >= 11 is 0. The predicted octanol–water partition coefficient (Wildman–Crippen LogP) is 4.11. The molecule has 0 aliphatic carbocycles. The molecule has 0 saturated carbocycles. The van der Waals surface area contributed by atoms with E-state index in [0.717, 1.165) is 54.9 Å². The van der Waals surface area contributed by atoms with E-state index in [-0.39, 0.29) is 12.3 Å². The van der Waals surface area contributed by atoms with Gasteiger partial charge >= 0.3 is 5.97 Å². The number of fused-ring (bicyclic) bond motifs is 1. The highest BCUT2D eigenvalue weighted by Crippen LogP contribution is 2.25. The molecule has 0 spiro atoms. The normalized spacial score (nSPS) is 14.0. The number of aliphatic carboxylic acids is 1. The van der Waals surface area contributed by atoms with Crippen LogP contribution in [0.5, 0.6) is 0 Å². The molecule has 2 aromatic heterocycles. The van der Waals surface area contributed by atoms with Gasteiger partial charge < -0.3 is 14.9 Å². The zero-order chi connectivity index (χ0) is 21.6. The Morgan fingerprint density at radius 3 is 2.81 bits per heavy atom. The molecule has 2 N–H and O–H groups in total. The lowest BCUT2D eigenvalue weighted by Crippen LogP contribution is -2.14. The molecule has 0 fully saturated rings. The lowest BCUT2D eigenvalue weighted by atomic mass is 9.92. The Kier molecular flexibility index (Phi) is 6.60. The largest absolute Gasteiger partial charge is 0.481 e. The highest BCUT2D eigenvalue weighted by Gasteiger charge is 2.20. The average molecular weight is 421 g/mol. The van der Waals surface area contributed by atoms with Gasteiger partial charge in [0.05, 0.1) is 6.42 Å². The molecule has 0 amide bonds. The summed E-state index contributed by atoms with van der Waals surface area (Å²) in [7, 11) is 0. The van der Waals surface area contributed by atoms with E-state index in [1.807, 2.05) is 31.2 Å². The number of carboxylic acids is 1. The van der Waals surface area contributed by atoms with Crippen molar-refractivity contribution in [3.63, 3.8) is 0 Å². The topological polar surface area (TPSA) is 101 Å². The summed E-state index contributed by atoms with van der Waals surface area (Å²) in [5.74, 6) is 1.13. The predicted molar refractivity (Wildman–Crippen MR) is 117 cm³/mol. The van der Waals surface area contributed by atoms with Crippen LogP contribution < -0.4 is 5.32 Å². The quantitative estimate of drug-likeness (QED) is 0.537. The summed E-state index contributed by atoms with van der Waals surface area (Å²) in [5.41, 5.74) is 4.47. The maximum absolute atomic E-state index is 11.3. The summed E-state index contributed by atoms with van der Waals surface area (Å²) in [4.78, 5) is 20.6. The van der Waals surface area contributed by atoms with Crippen molar-refractivity contribution in [3.05, 3.63) is 70.5 Å². The molecule has 3 heterocycles. The molecule has 162 valence electrons. The minimum atomic E-state index is -0.836. The van der Waals surface area contributed by atoms with Crippen molar-refractivity contribution in [1.29, 1.82) is 0 Å². The second kappa shape index (κ2) is 9.73. The van der Waals surface area contributed by atoms with Gasteiger partial charge in [-0.05, 0) is 49.8 Å². The van der Waals surface area contributed by atoms with Gasteiger partial charge in [0, 0.05) is 31.0 Å². The number of aromatic nitrogens is 3. The van der Waals surface area contributed by atoms with E-state index in [4.69, 9.17) is 9.51 Å². The van der Waals surface area contributed by atoms with Crippen LogP contribution >= 0.6 is 0 Å². The van der Waals surface area contributed by atoms with Crippen LogP contribution in [0.2, 0.25) is 0 Å². The van der Waals surface area contributed by atoms with Gasteiger partial charge in [0.15, 0.2) is 5.82 Å². The number of hydrogen-bond donors (Lipinski definition) is 2. The number of pyridine rings is 1. The Labute approximate surface area is 181 Å². The minimum absolute atomic E-state index is 0.0266. The number of carboxylic acid groups (broad SMARTS) is 1. The molecular weight excluding hydrogens is 392 g/mol. The van der Waals surface area contributed by atoms with Gasteiger partial charge in [0.2, 0.25) is 5.89 Å². The van der Waals surface area contributed by atoms with E-state index in [1.165, 1.54) is 5.56 Å². The Hall–Kier alpha value is -3.22. The molecule has 3 aromatic rings. The van der Waals surface area contributed by atoms with Gasteiger partial charge in [-0.3, -0.25) is 4.79 Å².